The number of fused-ring (bicyclic) bond motifs is 1. The van der Waals surface area contributed by atoms with Gasteiger partial charge >= 0.3 is 0 Å². The Morgan fingerprint density at radius 2 is 2.10 bits per heavy atom. The molecular weight excluding hydrogens is 259 g/mol. The van der Waals surface area contributed by atoms with Gasteiger partial charge in [0.1, 0.15) is 17.7 Å². The third-order valence-electron chi connectivity index (χ3n) is 3.24. The maximum absolute atomic E-state index is 13.4. The van der Waals surface area contributed by atoms with Crippen LogP contribution in [0.4, 0.5) is 4.39 Å². The molecule has 1 N–H and O–H groups in total. The Labute approximate surface area is 115 Å². The van der Waals surface area contributed by atoms with E-state index in [0.717, 1.165) is 5.52 Å². The van der Waals surface area contributed by atoms with E-state index in [9.17, 15) is 9.50 Å². The fraction of sp³-hybridized carbons (Fsp3) is 0.133. The van der Waals surface area contributed by atoms with Gasteiger partial charge in [0.15, 0.2) is 0 Å². The summed E-state index contributed by atoms with van der Waals surface area (Å²) in [6, 6.07) is 9.62. The van der Waals surface area contributed by atoms with E-state index < -0.39 is 11.9 Å². The Balaban J connectivity index is 2.13. The van der Waals surface area contributed by atoms with Gasteiger partial charge in [0.25, 0.3) is 0 Å². The fourth-order valence-electron chi connectivity index (χ4n) is 2.25. The van der Waals surface area contributed by atoms with Crippen molar-refractivity contribution in [3.63, 3.8) is 0 Å². The highest BCUT2D eigenvalue weighted by Gasteiger charge is 2.19. The quantitative estimate of drug-likeness (QED) is 0.797. The number of benzene rings is 1. The van der Waals surface area contributed by atoms with Crippen molar-refractivity contribution in [2.24, 2.45) is 0 Å². The second-order valence-electron chi connectivity index (χ2n) is 4.42. The highest BCUT2D eigenvalue weighted by Crippen LogP contribution is 2.32. The summed E-state index contributed by atoms with van der Waals surface area (Å²) in [4.78, 5) is 0. The van der Waals surface area contributed by atoms with E-state index >= 15 is 0 Å². The molecule has 0 radical (unpaired) electrons. The maximum Gasteiger partial charge on any atom is 0.125 e. The summed E-state index contributed by atoms with van der Waals surface area (Å²) < 4.78 is 20.2. The van der Waals surface area contributed by atoms with Gasteiger partial charge in [-0.05, 0) is 30.3 Å². The normalized spacial score (nSPS) is 12.6. The van der Waals surface area contributed by atoms with Crippen molar-refractivity contribution in [2.75, 3.05) is 7.11 Å². The number of aromatic nitrogens is 2. The SMILES string of the molecule is COc1ccc(F)cc1C(O)c1cnn2ccccc12. The van der Waals surface area contributed by atoms with Crippen LogP contribution in [0.25, 0.3) is 5.52 Å². The van der Waals surface area contributed by atoms with Crippen molar-refractivity contribution in [3.8, 4) is 5.75 Å². The summed E-state index contributed by atoms with van der Waals surface area (Å²) in [5, 5.41) is 14.7. The lowest BCUT2D eigenvalue weighted by Crippen LogP contribution is -2.03. The van der Waals surface area contributed by atoms with E-state index in [0.29, 0.717) is 16.9 Å². The molecule has 0 fully saturated rings. The summed E-state index contributed by atoms with van der Waals surface area (Å²) >= 11 is 0. The van der Waals surface area contributed by atoms with Crippen LogP contribution in [0.5, 0.6) is 5.75 Å². The molecule has 1 atom stereocenters. The van der Waals surface area contributed by atoms with E-state index in [-0.39, 0.29) is 0 Å². The van der Waals surface area contributed by atoms with Crippen LogP contribution in [0.2, 0.25) is 0 Å². The molecule has 4 nitrogen and oxygen atoms in total. The Hall–Kier alpha value is -2.40. The van der Waals surface area contributed by atoms with Gasteiger partial charge in [-0.1, -0.05) is 6.07 Å². The molecule has 0 aliphatic carbocycles. The third kappa shape index (κ3) is 2.02. The molecule has 3 rings (SSSR count). The first kappa shape index (κ1) is 12.6. The van der Waals surface area contributed by atoms with E-state index in [4.69, 9.17) is 4.74 Å². The molecule has 0 aliphatic heterocycles. The van der Waals surface area contributed by atoms with Crippen LogP contribution in [0.1, 0.15) is 17.2 Å². The third-order valence-corrected chi connectivity index (χ3v) is 3.24. The van der Waals surface area contributed by atoms with E-state index in [1.807, 2.05) is 18.2 Å². The molecule has 5 heteroatoms. The Morgan fingerprint density at radius 1 is 1.25 bits per heavy atom. The minimum atomic E-state index is -0.999. The second kappa shape index (κ2) is 4.94. The van der Waals surface area contributed by atoms with Gasteiger partial charge in [-0.15, -0.1) is 0 Å². The van der Waals surface area contributed by atoms with E-state index in [1.165, 1.54) is 25.3 Å². The van der Waals surface area contributed by atoms with E-state index in [1.54, 1.807) is 16.9 Å². The molecule has 1 unspecified atom stereocenters. The number of pyridine rings is 1. The van der Waals surface area contributed by atoms with Crippen molar-refractivity contribution < 1.29 is 14.2 Å². The largest absolute Gasteiger partial charge is 0.496 e. The van der Waals surface area contributed by atoms with E-state index in [2.05, 4.69) is 5.10 Å². The molecule has 102 valence electrons. The van der Waals surface area contributed by atoms with Gasteiger partial charge < -0.3 is 9.84 Å². The van der Waals surface area contributed by atoms with Crippen molar-refractivity contribution in [2.45, 2.75) is 6.10 Å². The predicted octanol–water partition coefficient (Wildman–Crippen LogP) is 2.56. The van der Waals surface area contributed by atoms with Gasteiger partial charge in [-0.25, -0.2) is 8.91 Å². The summed E-state index contributed by atoms with van der Waals surface area (Å²) in [5.74, 6) is 0.0190. The number of rotatable bonds is 3. The molecule has 0 spiro atoms. The zero-order valence-corrected chi connectivity index (χ0v) is 10.8. The van der Waals surface area contributed by atoms with Gasteiger partial charge in [-0.2, -0.15) is 5.10 Å². The van der Waals surface area contributed by atoms with Crippen molar-refractivity contribution in [1.82, 2.24) is 9.61 Å². The lowest BCUT2D eigenvalue weighted by Gasteiger charge is -2.14. The van der Waals surface area contributed by atoms with Gasteiger partial charge in [0.05, 0.1) is 18.8 Å². The first-order chi connectivity index (χ1) is 9.70. The predicted molar refractivity (Wildman–Crippen MR) is 72.2 cm³/mol. The van der Waals surface area contributed by atoms with Crippen LogP contribution in [-0.4, -0.2) is 21.8 Å². The average molecular weight is 272 g/mol. The molecule has 0 saturated heterocycles. The molecular formula is C15H13FN2O2. The number of hydrogen-bond acceptors (Lipinski definition) is 3. The minimum absolute atomic E-state index is 0.381. The molecule has 0 aliphatic rings. The van der Waals surface area contributed by atoms with Gasteiger partial charge in [0.2, 0.25) is 0 Å². The molecule has 2 heterocycles. The Morgan fingerprint density at radius 3 is 2.90 bits per heavy atom. The number of nitrogens with zero attached hydrogens (tertiary/aromatic N) is 2. The lowest BCUT2D eigenvalue weighted by atomic mass is 10.0. The van der Waals surface area contributed by atoms with Crippen molar-refractivity contribution in [1.29, 1.82) is 0 Å². The zero-order valence-electron chi connectivity index (χ0n) is 10.8. The van der Waals surface area contributed by atoms with Crippen LogP contribution in [-0.2, 0) is 0 Å². The number of halogens is 1. The van der Waals surface area contributed by atoms with Crippen molar-refractivity contribution >= 4 is 5.52 Å². The number of methoxy groups -OCH3 is 1. The summed E-state index contributed by atoms with van der Waals surface area (Å²) in [6.07, 6.45) is 2.36. The first-order valence-corrected chi connectivity index (χ1v) is 6.14. The first-order valence-electron chi connectivity index (χ1n) is 6.14. The van der Waals surface area contributed by atoms with Crippen LogP contribution in [0, 0.1) is 5.82 Å². The minimum Gasteiger partial charge on any atom is -0.496 e. The second-order valence-corrected chi connectivity index (χ2v) is 4.42. The molecule has 3 aromatic rings. The molecule has 0 saturated carbocycles. The van der Waals surface area contributed by atoms with Gasteiger partial charge in [0, 0.05) is 17.3 Å². The molecule has 0 bridgehead atoms. The Bertz CT molecular complexity index is 754. The summed E-state index contributed by atoms with van der Waals surface area (Å²) in [7, 11) is 1.49. The van der Waals surface area contributed by atoms with Crippen LogP contribution in [0.15, 0.2) is 48.8 Å². The summed E-state index contributed by atoms with van der Waals surface area (Å²) in [6.45, 7) is 0. The monoisotopic (exact) mass is 272 g/mol. The highest BCUT2D eigenvalue weighted by molar-refractivity contribution is 5.57. The van der Waals surface area contributed by atoms with Crippen LogP contribution < -0.4 is 4.74 Å². The average Bonchev–Trinajstić information content (AvgIpc) is 2.90. The number of aliphatic hydroxyl groups excluding tert-OH is 1. The number of aliphatic hydroxyl groups is 1. The standard InChI is InChI=1S/C15H13FN2O2/c1-20-14-6-5-10(16)8-11(14)15(19)12-9-17-18-7-3-2-4-13(12)18/h2-9,15,19H,1H3. The van der Waals surface area contributed by atoms with Crippen LogP contribution >= 0.6 is 0 Å². The summed E-state index contributed by atoms with van der Waals surface area (Å²) in [5.41, 5.74) is 1.76. The zero-order chi connectivity index (χ0) is 14.1. The Kier molecular flexibility index (Phi) is 3.12. The lowest BCUT2D eigenvalue weighted by molar-refractivity contribution is 0.215. The molecule has 20 heavy (non-hydrogen) atoms. The highest BCUT2D eigenvalue weighted by atomic mass is 19.1. The molecule has 2 aromatic heterocycles. The topological polar surface area (TPSA) is 46.8 Å². The number of ether oxygens (including phenoxy) is 1. The fourth-order valence-corrected chi connectivity index (χ4v) is 2.25. The smallest absolute Gasteiger partial charge is 0.125 e. The maximum atomic E-state index is 13.4. The van der Waals surface area contributed by atoms with Crippen LogP contribution in [0.3, 0.4) is 0 Å². The molecule has 1 aromatic carbocycles. The van der Waals surface area contributed by atoms with Crippen molar-refractivity contribution in [3.05, 3.63) is 65.7 Å². The molecule has 0 amide bonds. The number of hydrogen-bond donors (Lipinski definition) is 1. The van der Waals surface area contributed by atoms with Gasteiger partial charge in [-0.3, -0.25) is 0 Å².